The van der Waals surface area contributed by atoms with Crippen molar-refractivity contribution in [1.82, 2.24) is 10.2 Å². The molecule has 0 amide bonds. The molecular weight excluding hydrogens is 312 g/mol. The molecule has 5 nitrogen and oxygen atoms in total. The van der Waals surface area contributed by atoms with E-state index >= 15 is 0 Å². The Morgan fingerprint density at radius 2 is 2.04 bits per heavy atom. The van der Waals surface area contributed by atoms with Crippen molar-refractivity contribution in [2.45, 2.75) is 25.7 Å². The number of ether oxygens (including phenoxy) is 1. The predicted octanol–water partition coefficient (Wildman–Crippen LogP) is 3.73. The summed E-state index contributed by atoms with van der Waals surface area (Å²) in [5.74, 6) is 0.333. The van der Waals surface area contributed by atoms with Crippen LogP contribution in [0.2, 0.25) is 0 Å². The molecule has 1 aliphatic heterocycles. The van der Waals surface area contributed by atoms with Crippen LogP contribution < -0.4 is 10.5 Å². The van der Waals surface area contributed by atoms with E-state index in [1.165, 1.54) is 0 Å². The summed E-state index contributed by atoms with van der Waals surface area (Å²) >= 11 is 0. The molecule has 1 atom stereocenters. The largest absolute Gasteiger partial charge is 0.420 e. The van der Waals surface area contributed by atoms with Gasteiger partial charge in [0.2, 0.25) is 11.8 Å². The van der Waals surface area contributed by atoms with Gasteiger partial charge < -0.3 is 10.5 Å². The lowest BCUT2D eigenvalue weighted by atomic mass is 9.83. The summed E-state index contributed by atoms with van der Waals surface area (Å²) in [4.78, 5) is 0. The van der Waals surface area contributed by atoms with Gasteiger partial charge in [-0.2, -0.15) is 5.26 Å². The van der Waals surface area contributed by atoms with Gasteiger partial charge in [-0.25, -0.2) is 0 Å². The topological polar surface area (TPSA) is 87.7 Å². The Labute approximate surface area is 145 Å². The van der Waals surface area contributed by atoms with Crippen molar-refractivity contribution in [3.63, 3.8) is 0 Å². The monoisotopic (exact) mass is 330 g/mol. The standard InChI is InChI=1S/C20H18N4O/c1-2-5-16-18-17(15(11-21)19(22)25-20(18)24-23-16)14-9-8-12-6-3-4-7-13(12)10-14/h3-4,6-10,17H,2,5,22H2,1H3,(H,23,24)/t17-/m1/s1. The number of hydrogen-bond acceptors (Lipinski definition) is 4. The number of aromatic amines is 1. The van der Waals surface area contributed by atoms with Gasteiger partial charge in [0.25, 0.3) is 0 Å². The molecule has 0 aliphatic carbocycles. The van der Waals surface area contributed by atoms with Gasteiger partial charge in [0.15, 0.2) is 0 Å². The maximum absolute atomic E-state index is 9.69. The molecule has 0 spiro atoms. The van der Waals surface area contributed by atoms with Crippen molar-refractivity contribution in [1.29, 1.82) is 5.26 Å². The average molecular weight is 330 g/mol. The Morgan fingerprint density at radius 3 is 2.80 bits per heavy atom. The van der Waals surface area contributed by atoms with E-state index in [9.17, 15) is 5.26 Å². The second-order valence-electron chi connectivity index (χ2n) is 6.20. The first-order valence-corrected chi connectivity index (χ1v) is 8.36. The third-order valence-electron chi connectivity index (χ3n) is 4.62. The van der Waals surface area contributed by atoms with Crippen molar-refractivity contribution >= 4 is 10.8 Å². The molecular formula is C20H18N4O. The maximum Gasteiger partial charge on any atom is 0.244 e. The molecule has 4 rings (SSSR count). The van der Waals surface area contributed by atoms with E-state index in [-0.39, 0.29) is 11.8 Å². The molecule has 3 aromatic rings. The van der Waals surface area contributed by atoms with Crippen LogP contribution in [-0.4, -0.2) is 10.2 Å². The Kier molecular flexibility index (Phi) is 3.66. The van der Waals surface area contributed by atoms with Crippen LogP contribution in [0.1, 0.15) is 36.1 Å². The van der Waals surface area contributed by atoms with E-state index in [0.29, 0.717) is 11.5 Å². The van der Waals surface area contributed by atoms with E-state index in [1.54, 1.807) is 0 Å². The highest BCUT2D eigenvalue weighted by Gasteiger charge is 2.34. The number of rotatable bonds is 3. The van der Waals surface area contributed by atoms with Crippen LogP contribution in [0, 0.1) is 11.3 Å². The van der Waals surface area contributed by atoms with Crippen LogP contribution in [-0.2, 0) is 6.42 Å². The zero-order valence-electron chi connectivity index (χ0n) is 13.9. The normalized spacial score (nSPS) is 16.4. The molecule has 0 unspecified atom stereocenters. The molecule has 0 radical (unpaired) electrons. The number of benzene rings is 2. The molecule has 0 saturated carbocycles. The van der Waals surface area contributed by atoms with Crippen LogP contribution >= 0.6 is 0 Å². The fraction of sp³-hybridized carbons (Fsp3) is 0.200. The molecule has 2 heterocycles. The third kappa shape index (κ3) is 2.43. The summed E-state index contributed by atoms with van der Waals surface area (Å²) in [5.41, 5.74) is 9.37. The minimum atomic E-state index is -0.265. The molecule has 2 aromatic carbocycles. The number of aryl methyl sites for hydroxylation is 1. The quantitative estimate of drug-likeness (QED) is 0.766. The highest BCUT2D eigenvalue weighted by atomic mass is 16.5. The van der Waals surface area contributed by atoms with Crippen LogP contribution in [0.15, 0.2) is 53.9 Å². The summed E-state index contributed by atoms with van der Waals surface area (Å²) < 4.78 is 5.59. The Morgan fingerprint density at radius 1 is 1.24 bits per heavy atom. The minimum absolute atomic E-state index is 0.128. The second kappa shape index (κ2) is 5.99. The summed E-state index contributed by atoms with van der Waals surface area (Å²) in [5, 5.41) is 19.3. The SMILES string of the molecule is CCCc1[nH]nc2c1[C@H](c1ccc3ccccc3c1)C(C#N)=C(N)O2. The minimum Gasteiger partial charge on any atom is -0.420 e. The number of allylic oxidation sites excluding steroid dienone is 1. The van der Waals surface area contributed by atoms with E-state index in [4.69, 9.17) is 10.5 Å². The van der Waals surface area contributed by atoms with E-state index in [0.717, 1.165) is 40.4 Å². The van der Waals surface area contributed by atoms with Gasteiger partial charge in [-0.1, -0.05) is 55.8 Å². The fourth-order valence-corrected chi connectivity index (χ4v) is 3.47. The molecule has 3 N–H and O–H groups in total. The Bertz CT molecular complexity index is 1030. The first-order chi connectivity index (χ1) is 12.2. The van der Waals surface area contributed by atoms with Crippen molar-refractivity contribution in [3.05, 3.63) is 70.7 Å². The zero-order chi connectivity index (χ0) is 17.4. The highest BCUT2D eigenvalue weighted by Crippen LogP contribution is 2.43. The number of nitrogens with one attached hydrogen (secondary N) is 1. The molecule has 25 heavy (non-hydrogen) atoms. The number of aromatic nitrogens is 2. The van der Waals surface area contributed by atoms with Gasteiger partial charge in [0.05, 0.1) is 5.92 Å². The van der Waals surface area contributed by atoms with Crippen molar-refractivity contribution in [2.24, 2.45) is 5.73 Å². The predicted molar refractivity (Wildman–Crippen MR) is 95.8 cm³/mol. The number of hydrogen-bond donors (Lipinski definition) is 2. The molecule has 0 bridgehead atoms. The first-order valence-electron chi connectivity index (χ1n) is 8.36. The van der Waals surface area contributed by atoms with Crippen molar-refractivity contribution in [3.8, 4) is 11.9 Å². The van der Waals surface area contributed by atoms with E-state index in [1.807, 2.05) is 12.1 Å². The Balaban J connectivity index is 1.94. The van der Waals surface area contributed by atoms with Gasteiger partial charge in [-0.3, -0.25) is 5.10 Å². The first kappa shape index (κ1) is 15.3. The summed E-state index contributed by atoms with van der Waals surface area (Å²) in [6, 6.07) is 16.6. The van der Waals surface area contributed by atoms with Gasteiger partial charge in [-0.15, -0.1) is 5.10 Å². The average Bonchev–Trinajstić information content (AvgIpc) is 3.02. The van der Waals surface area contributed by atoms with Crippen LogP contribution in [0.5, 0.6) is 5.88 Å². The molecule has 0 fully saturated rings. The second-order valence-corrected chi connectivity index (χ2v) is 6.20. The lowest BCUT2D eigenvalue weighted by Gasteiger charge is -2.24. The number of nitriles is 1. The molecule has 1 aliphatic rings. The number of fused-ring (bicyclic) bond motifs is 2. The summed E-state index contributed by atoms with van der Waals surface area (Å²) in [6.45, 7) is 2.11. The lowest BCUT2D eigenvalue weighted by Crippen LogP contribution is -2.21. The molecule has 1 aromatic heterocycles. The van der Waals surface area contributed by atoms with Crippen molar-refractivity contribution < 1.29 is 4.74 Å². The number of H-pyrrole nitrogens is 1. The number of nitrogens with zero attached hydrogens (tertiary/aromatic N) is 2. The fourth-order valence-electron chi connectivity index (χ4n) is 3.47. The van der Waals surface area contributed by atoms with Crippen LogP contribution in [0.4, 0.5) is 0 Å². The summed E-state index contributed by atoms with van der Waals surface area (Å²) in [6.07, 6.45) is 1.81. The lowest BCUT2D eigenvalue weighted by molar-refractivity contribution is 0.378. The smallest absolute Gasteiger partial charge is 0.244 e. The van der Waals surface area contributed by atoms with E-state index in [2.05, 4.69) is 53.5 Å². The van der Waals surface area contributed by atoms with E-state index < -0.39 is 0 Å². The van der Waals surface area contributed by atoms with Gasteiger partial charge in [0.1, 0.15) is 11.6 Å². The maximum atomic E-state index is 9.69. The molecule has 124 valence electrons. The summed E-state index contributed by atoms with van der Waals surface area (Å²) in [7, 11) is 0. The van der Waals surface area contributed by atoms with Crippen molar-refractivity contribution in [2.75, 3.05) is 0 Å². The van der Waals surface area contributed by atoms with Crippen LogP contribution in [0.3, 0.4) is 0 Å². The molecule has 5 heteroatoms. The highest BCUT2D eigenvalue weighted by molar-refractivity contribution is 5.83. The van der Waals surface area contributed by atoms with Gasteiger partial charge >= 0.3 is 0 Å². The van der Waals surface area contributed by atoms with Crippen LogP contribution in [0.25, 0.3) is 10.8 Å². The van der Waals surface area contributed by atoms with Gasteiger partial charge in [0, 0.05) is 11.3 Å². The van der Waals surface area contributed by atoms with Gasteiger partial charge in [-0.05, 0) is 22.8 Å². The number of nitrogens with two attached hydrogens (primary N) is 1. The molecule has 0 saturated heterocycles. The zero-order valence-corrected chi connectivity index (χ0v) is 13.9. The third-order valence-corrected chi connectivity index (χ3v) is 4.62. The Hall–Kier alpha value is -3.26.